The molecule has 0 fully saturated rings. The number of benzene rings is 1. The van der Waals surface area contributed by atoms with E-state index in [1.165, 1.54) is 12.3 Å². The molecule has 0 aliphatic carbocycles. The molecule has 1 aromatic heterocycles. The van der Waals surface area contributed by atoms with Crippen molar-refractivity contribution in [3.05, 3.63) is 35.3 Å². The molecule has 17 heavy (non-hydrogen) atoms. The second kappa shape index (κ2) is 4.12. The van der Waals surface area contributed by atoms with Crippen LogP contribution in [-0.2, 0) is 20.9 Å². The van der Waals surface area contributed by atoms with Crippen LogP contribution in [0.5, 0.6) is 0 Å². The highest BCUT2D eigenvalue weighted by atomic mass is 32.2. The maximum absolute atomic E-state index is 13.4. The van der Waals surface area contributed by atoms with Crippen LogP contribution in [0.2, 0.25) is 0 Å². The van der Waals surface area contributed by atoms with Gasteiger partial charge in [0, 0.05) is 10.9 Å². The molecule has 0 saturated carbocycles. The minimum absolute atomic E-state index is 0.158. The van der Waals surface area contributed by atoms with Gasteiger partial charge in [0.1, 0.15) is 11.4 Å². The highest BCUT2D eigenvalue weighted by Gasteiger charge is 2.11. The van der Waals surface area contributed by atoms with Crippen molar-refractivity contribution >= 4 is 21.1 Å². The number of halogens is 1. The molecule has 0 saturated heterocycles. The summed E-state index contributed by atoms with van der Waals surface area (Å²) < 4.78 is 44.9. The van der Waals surface area contributed by atoms with Gasteiger partial charge in [-0.2, -0.15) is 8.42 Å². The second-order valence-electron chi connectivity index (χ2n) is 3.82. The molecule has 0 N–H and O–H groups in total. The van der Waals surface area contributed by atoms with Crippen molar-refractivity contribution in [2.24, 2.45) is 0 Å². The van der Waals surface area contributed by atoms with E-state index in [4.69, 9.17) is 4.42 Å². The molecule has 0 aliphatic rings. The molecule has 1 aromatic carbocycles. The Morgan fingerprint density at radius 2 is 2.12 bits per heavy atom. The maximum Gasteiger partial charge on any atom is 0.264 e. The van der Waals surface area contributed by atoms with Crippen LogP contribution >= 0.6 is 0 Å². The van der Waals surface area contributed by atoms with Crippen LogP contribution in [0, 0.1) is 12.7 Å². The maximum atomic E-state index is 13.4. The lowest BCUT2D eigenvalue weighted by Gasteiger charge is -2.00. The van der Waals surface area contributed by atoms with Crippen LogP contribution in [0.4, 0.5) is 4.39 Å². The van der Waals surface area contributed by atoms with Crippen LogP contribution in [-0.4, -0.2) is 14.7 Å². The Morgan fingerprint density at radius 1 is 1.41 bits per heavy atom. The van der Waals surface area contributed by atoms with E-state index in [9.17, 15) is 12.8 Å². The van der Waals surface area contributed by atoms with Gasteiger partial charge in [-0.1, -0.05) is 0 Å². The number of hydrogen-bond acceptors (Lipinski definition) is 4. The highest BCUT2D eigenvalue weighted by Crippen LogP contribution is 2.25. The van der Waals surface area contributed by atoms with Crippen molar-refractivity contribution in [3.8, 4) is 0 Å². The van der Waals surface area contributed by atoms with Gasteiger partial charge in [-0.3, -0.25) is 4.18 Å². The Hall–Kier alpha value is -1.40. The number of hydrogen-bond donors (Lipinski definition) is 0. The van der Waals surface area contributed by atoms with E-state index in [0.29, 0.717) is 22.1 Å². The summed E-state index contributed by atoms with van der Waals surface area (Å²) in [6.45, 7) is 1.47. The second-order valence-corrected chi connectivity index (χ2v) is 5.47. The van der Waals surface area contributed by atoms with Gasteiger partial charge in [0.2, 0.25) is 0 Å². The predicted molar refractivity (Wildman–Crippen MR) is 60.5 cm³/mol. The SMILES string of the molecule is Cc1cc2occ(COS(C)(=O)=O)c2cc1F. The summed E-state index contributed by atoms with van der Waals surface area (Å²) in [5.41, 5.74) is 1.49. The van der Waals surface area contributed by atoms with Crippen LogP contribution in [0.1, 0.15) is 11.1 Å². The fraction of sp³-hybridized carbons (Fsp3) is 0.273. The summed E-state index contributed by atoms with van der Waals surface area (Å²) in [7, 11) is -3.52. The third kappa shape index (κ3) is 2.65. The number of furan rings is 1. The first kappa shape index (κ1) is 12.1. The Labute approximate surface area is 98.1 Å². The first-order valence-corrected chi connectivity index (χ1v) is 6.69. The highest BCUT2D eigenvalue weighted by molar-refractivity contribution is 7.85. The quantitative estimate of drug-likeness (QED) is 0.793. The molecule has 0 unspecified atom stereocenters. The molecule has 0 amide bonds. The zero-order chi connectivity index (χ0) is 12.6. The van der Waals surface area contributed by atoms with Crippen LogP contribution in [0.3, 0.4) is 0 Å². The molecular weight excluding hydrogens is 247 g/mol. The minimum atomic E-state index is -3.52. The van der Waals surface area contributed by atoms with E-state index < -0.39 is 10.1 Å². The molecule has 2 aromatic rings. The Kier molecular flexibility index (Phi) is 2.92. The molecule has 1 heterocycles. The van der Waals surface area contributed by atoms with Gasteiger partial charge in [-0.15, -0.1) is 0 Å². The van der Waals surface area contributed by atoms with Crippen molar-refractivity contribution in [1.82, 2.24) is 0 Å². The summed E-state index contributed by atoms with van der Waals surface area (Å²) in [4.78, 5) is 0. The molecule has 2 rings (SSSR count). The molecule has 0 radical (unpaired) electrons. The van der Waals surface area contributed by atoms with Crippen LogP contribution in [0.15, 0.2) is 22.8 Å². The standard InChI is InChI=1S/C11H11FO4S/c1-7-3-11-9(4-10(7)12)8(5-15-11)6-16-17(2,13)14/h3-5H,6H2,1-2H3. The Morgan fingerprint density at radius 3 is 2.76 bits per heavy atom. The molecule has 0 spiro atoms. The zero-order valence-electron chi connectivity index (χ0n) is 9.36. The number of fused-ring (bicyclic) bond motifs is 1. The molecule has 0 atom stereocenters. The Bertz CT molecular complexity index is 657. The molecule has 92 valence electrons. The van der Waals surface area contributed by atoms with E-state index >= 15 is 0 Å². The molecule has 4 nitrogen and oxygen atoms in total. The van der Waals surface area contributed by atoms with E-state index in [1.54, 1.807) is 13.0 Å². The average Bonchev–Trinajstić information content (AvgIpc) is 2.57. The molecule has 0 bridgehead atoms. The lowest BCUT2D eigenvalue weighted by atomic mass is 10.1. The molecule has 6 heteroatoms. The van der Waals surface area contributed by atoms with Gasteiger partial charge < -0.3 is 4.42 Å². The number of aryl methyl sites for hydroxylation is 1. The van der Waals surface area contributed by atoms with Crippen LogP contribution < -0.4 is 0 Å². The first-order chi connectivity index (χ1) is 7.87. The summed E-state index contributed by atoms with van der Waals surface area (Å²) in [5.74, 6) is -0.362. The lowest BCUT2D eigenvalue weighted by molar-refractivity contribution is 0.311. The molecule has 0 aliphatic heterocycles. The number of rotatable bonds is 3. The van der Waals surface area contributed by atoms with Crippen LogP contribution in [0.25, 0.3) is 11.0 Å². The van der Waals surface area contributed by atoms with Crippen molar-refractivity contribution in [3.63, 3.8) is 0 Å². The normalized spacial score (nSPS) is 12.2. The zero-order valence-corrected chi connectivity index (χ0v) is 10.2. The van der Waals surface area contributed by atoms with Gasteiger partial charge in [0.05, 0.1) is 19.1 Å². The largest absolute Gasteiger partial charge is 0.464 e. The summed E-state index contributed by atoms with van der Waals surface area (Å²) in [5, 5.41) is 0.525. The summed E-state index contributed by atoms with van der Waals surface area (Å²) in [6, 6.07) is 2.88. The topological polar surface area (TPSA) is 56.5 Å². The van der Waals surface area contributed by atoms with Gasteiger partial charge >= 0.3 is 0 Å². The van der Waals surface area contributed by atoms with Gasteiger partial charge in [-0.05, 0) is 24.6 Å². The minimum Gasteiger partial charge on any atom is -0.464 e. The average molecular weight is 258 g/mol. The van der Waals surface area contributed by atoms with Crippen molar-refractivity contribution in [2.75, 3.05) is 6.26 Å². The smallest absolute Gasteiger partial charge is 0.264 e. The Balaban J connectivity index is 2.39. The van der Waals surface area contributed by atoms with Gasteiger partial charge in [0.15, 0.2) is 0 Å². The van der Waals surface area contributed by atoms with E-state index in [2.05, 4.69) is 4.18 Å². The fourth-order valence-electron chi connectivity index (χ4n) is 1.48. The first-order valence-electron chi connectivity index (χ1n) is 4.87. The predicted octanol–water partition coefficient (Wildman–Crippen LogP) is 2.36. The van der Waals surface area contributed by atoms with Gasteiger partial charge in [-0.25, -0.2) is 4.39 Å². The van der Waals surface area contributed by atoms with Crippen molar-refractivity contribution < 1.29 is 21.4 Å². The summed E-state index contributed by atoms with van der Waals surface area (Å²) >= 11 is 0. The third-order valence-electron chi connectivity index (χ3n) is 2.36. The van der Waals surface area contributed by atoms with Gasteiger partial charge in [0.25, 0.3) is 10.1 Å². The fourth-order valence-corrected chi connectivity index (χ4v) is 1.82. The van der Waals surface area contributed by atoms with E-state index in [1.807, 2.05) is 0 Å². The molecular formula is C11H11FO4S. The summed E-state index contributed by atoms with van der Waals surface area (Å²) in [6.07, 6.45) is 2.33. The van der Waals surface area contributed by atoms with Crippen molar-refractivity contribution in [2.45, 2.75) is 13.5 Å². The monoisotopic (exact) mass is 258 g/mol. The lowest BCUT2D eigenvalue weighted by Crippen LogP contribution is -2.02. The van der Waals surface area contributed by atoms with E-state index in [-0.39, 0.29) is 12.4 Å². The van der Waals surface area contributed by atoms with E-state index in [0.717, 1.165) is 6.26 Å². The van der Waals surface area contributed by atoms with Crippen molar-refractivity contribution in [1.29, 1.82) is 0 Å². The third-order valence-corrected chi connectivity index (χ3v) is 2.91.